The first-order chi connectivity index (χ1) is 11.9. The van der Waals surface area contributed by atoms with Gasteiger partial charge < -0.3 is 15.3 Å². The highest BCUT2D eigenvalue weighted by atomic mass is 35.5. The smallest absolute Gasteiger partial charge is 0.323 e. The molecule has 0 saturated heterocycles. The fraction of sp³-hybridized carbons (Fsp3) is 0.176. The molecule has 1 heterocycles. The number of aromatic amines is 2. The summed E-state index contributed by atoms with van der Waals surface area (Å²) >= 11 is 12.0. The van der Waals surface area contributed by atoms with Gasteiger partial charge in [-0.2, -0.15) is 0 Å². The van der Waals surface area contributed by atoms with E-state index in [1.807, 2.05) is 18.0 Å². The quantitative estimate of drug-likeness (QED) is 0.637. The van der Waals surface area contributed by atoms with E-state index in [1.54, 1.807) is 30.3 Å². The molecule has 3 aromatic rings. The zero-order chi connectivity index (χ0) is 18.0. The zero-order valence-electron chi connectivity index (χ0n) is 13.4. The number of fused-ring (bicyclic) bond motifs is 1. The van der Waals surface area contributed by atoms with E-state index >= 15 is 0 Å². The van der Waals surface area contributed by atoms with E-state index in [0.29, 0.717) is 33.3 Å². The lowest BCUT2D eigenvalue weighted by molar-refractivity contribution is -0.117. The molecule has 1 aromatic heterocycles. The molecule has 130 valence electrons. The number of benzene rings is 2. The topological polar surface area (TPSA) is 81.0 Å². The van der Waals surface area contributed by atoms with Gasteiger partial charge in [0.15, 0.2) is 0 Å². The van der Waals surface area contributed by atoms with Crippen molar-refractivity contribution in [3.63, 3.8) is 0 Å². The minimum Gasteiger partial charge on any atom is -0.325 e. The fourth-order valence-corrected chi connectivity index (χ4v) is 3.02. The predicted octanol–water partition coefficient (Wildman–Crippen LogP) is 3.23. The van der Waals surface area contributed by atoms with Crippen LogP contribution in [-0.2, 0) is 11.3 Å². The van der Waals surface area contributed by atoms with Crippen LogP contribution >= 0.6 is 23.2 Å². The van der Waals surface area contributed by atoms with Crippen LogP contribution in [0.2, 0.25) is 10.0 Å². The van der Waals surface area contributed by atoms with Crippen molar-refractivity contribution in [2.24, 2.45) is 0 Å². The normalized spacial score (nSPS) is 11.2. The standard InChI is InChI=1S/C17H16Cl2N4O2/c1-23(8-10-2-3-11(18)6-13(10)19)9-16(24)20-12-4-5-14-15(7-12)22-17(25)21-14/h2-7H,8-9H2,1H3,(H,20,24)(H2,21,22,25). The lowest BCUT2D eigenvalue weighted by Crippen LogP contribution is -2.29. The van der Waals surface area contributed by atoms with Crippen LogP contribution in [0.1, 0.15) is 5.56 Å². The molecule has 0 aliphatic rings. The number of aromatic nitrogens is 2. The fourth-order valence-electron chi connectivity index (χ4n) is 2.55. The summed E-state index contributed by atoms with van der Waals surface area (Å²) in [4.78, 5) is 30.6. The maximum Gasteiger partial charge on any atom is 0.323 e. The molecule has 1 amide bonds. The Morgan fingerprint density at radius 3 is 2.64 bits per heavy atom. The molecule has 0 fully saturated rings. The van der Waals surface area contributed by atoms with Crippen molar-refractivity contribution in [3.8, 4) is 0 Å². The van der Waals surface area contributed by atoms with Crippen LogP contribution in [-0.4, -0.2) is 34.4 Å². The molecule has 0 atom stereocenters. The molecule has 6 nitrogen and oxygen atoms in total. The van der Waals surface area contributed by atoms with Crippen molar-refractivity contribution in [1.29, 1.82) is 0 Å². The Balaban J connectivity index is 1.61. The Kier molecular flexibility index (Phi) is 5.13. The number of halogens is 2. The number of hydrogen-bond donors (Lipinski definition) is 3. The number of likely N-dealkylation sites (N-methyl/N-ethyl adjacent to an activating group) is 1. The van der Waals surface area contributed by atoms with Gasteiger partial charge in [-0.3, -0.25) is 9.69 Å². The predicted molar refractivity (Wildman–Crippen MR) is 100 cm³/mol. The first-order valence-electron chi connectivity index (χ1n) is 7.55. The second-order valence-electron chi connectivity index (χ2n) is 5.80. The second-order valence-corrected chi connectivity index (χ2v) is 6.64. The Bertz CT molecular complexity index is 980. The SMILES string of the molecule is CN(CC(=O)Nc1ccc2[nH]c(=O)[nH]c2c1)Cc1ccc(Cl)cc1Cl. The van der Waals surface area contributed by atoms with E-state index < -0.39 is 0 Å². The molecular formula is C17H16Cl2N4O2. The number of carbonyl (C=O) groups is 1. The van der Waals surface area contributed by atoms with Crippen LogP contribution in [0, 0.1) is 0 Å². The van der Waals surface area contributed by atoms with E-state index in [0.717, 1.165) is 5.56 Å². The monoisotopic (exact) mass is 378 g/mol. The zero-order valence-corrected chi connectivity index (χ0v) is 14.9. The third kappa shape index (κ3) is 4.42. The van der Waals surface area contributed by atoms with Crippen LogP contribution in [0.15, 0.2) is 41.2 Å². The van der Waals surface area contributed by atoms with Crippen LogP contribution in [0.4, 0.5) is 5.69 Å². The van der Waals surface area contributed by atoms with Gasteiger partial charge in [0, 0.05) is 22.3 Å². The van der Waals surface area contributed by atoms with Gasteiger partial charge in [-0.15, -0.1) is 0 Å². The van der Waals surface area contributed by atoms with Gasteiger partial charge in [0.1, 0.15) is 0 Å². The van der Waals surface area contributed by atoms with Gasteiger partial charge in [-0.1, -0.05) is 29.3 Å². The molecule has 0 spiro atoms. The van der Waals surface area contributed by atoms with Crippen molar-refractivity contribution in [3.05, 3.63) is 62.5 Å². The molecule has 0 aliphatic carbocycles. The first-order valence-corrected chi connectivity index (χ1v) is 8.30. The summed E-state index contributed by atoms with van der Waals surface area (Å²) in [5.41, 5.74) is 2.57. The minimum absolute atomic E-state index is 0.162. The van der Waals surface area contributed by atoms with Crippen molar-refractivity contribution in [1.82, 2.24) is 14.9 Å². The van der Waals surface area contributed by atoms with E-state index in [2.05, 4.69) is 15.3 Å². The highest BCUT2D eigenvalue weighted by Crippen LogP contribution is 2.22. The number of nitrogens with one attached hydrogen (secondary N) is 3. The van der Waals surface area contributed by atoms with Gasteiger partial charge in [0.05, 0.1) is 17.6 Å². The number of carbonyl (C=O) groups excluding carboxylic acids is 1. The maximum atomic E-state index is 12.2. The molecule has 0 bridgehead atoms. The highest BCUT2D eigenvalue weighted by molar-refractivity contribution is 6.35. The Hall–Kier alpha value is -2.28. The molecule has 0 unspecified atom stereocenters. The lowest BCUT2D eigenvalue weighted by Gasteiger charge is -2.17. The van der Waals surface area contributed by atoms with Crippen molar-refractivity contribution in [2.45, 2.75) is 6.54 Å². The molecule has 2 aromatic carbocycles. The van der Waals surface area contributed by atoms with Crippen LogP contribution in [0.3, 0.4) is 0 Å². The van der Waals surface area contributed by atoms with Crippen molar-refractivity contribution in [2.75, 3.05) is 18.9 Å². The summed E-state index contributed by atoms with van der Waals surface area (Å²) < 4.78 is 0. The van der Waals surface area contributed by atoms with Crippen LogP contribution in [0.25, 0.3) is 11.0 Å². The van der Waals surface area contributed by atoms with Gasteiger partial charge >= 0.3 is 5.69 Å². The maximum absolute atomic E-state index is 12.2. The Morgan fingerprint density at radius 1 is 1.12 bits per heavy atom. The molecule has 0 aliphatic heterocycles. The average Bonchev–Trinajstić information content (AvgIpc) is 2.89. The number of imidazole rings is 1. The summed E-state index contributed by atoms with van der Waals surface area (Å²) in [6.07, 6.45) is 0. The summed E-state index contributed by atoms with van der Waals surface area (Å²) in [5, 5.41) is 3.96. The van der Waals surface area contributed by atoms with E-state index in [1.165, 1.54) is 0 Å². The van der Waals surface area contributed by atoms with Crippen LogP contribution in [0.5, 0.6) is 0 Å². The van der Waals surface area contributed by atoms with E-state index in [9.17, 15) is 9.59 Å². The highest BCUT2D eigenvalue weighted by Gasteiger charge is 2.10. The summed E-state index contributed by atoms with van der Waals surface area (Å²) in [7, 11) is 1.83. The van der Waals surface area contributed by atoms with E-state index in [4.69, 9.17) is 23.2 Å². The molecule has 8 heteroatoms. The van der Waals surface area contributed by atoms with Gasteiger partial charge in [0.2, 0.25) is 5.91 Å². The average molecular weight is 379 g/mol. The Morgan fingerprint density at radius 2 is 1.88 bits per heavy atom. The second kappa shape index (κ2) is 7.31. The Labute approximate surface area is 153 Å². The number of H-pyrrole nitrogens is 2. The first kappa shape index (κ1) is 17.5. The third-order valence-electron chi connectivity index (χ3n) is 3.67. The molecule has 0 radical (unpaired) electrons. The van der Waals surface area contributed by atoms with Gasteiger partial charge in [-0.25, -0.2) is 4.79 Å². The number of anilines is 1. The summed E-state index contributed by atoms with van der Waals surface area (Å²) in [6, 6.07) is 10.5. The molecule has 0 saturated carbocycles. The largest absolute Gasteiger partial charge is 0.325 e. The van der Waals surface area contributed by atoms with Gasteiger partial charge in [0.25, 0.3) is 0 Å². The number of rotatable bonds is 5. The number of nitrogens with zero attached hydrogens (tertiary/aromatic N) is 1. The summed E-state index contributed by atoms with van der Waals surface area (Å²) in [5.74, 6) is -0.162. The number of hydrogen-bond acceptors (Lipinski definition) is 3. The minimum atomic E-state index is -0.280. The van der Waals surface area contributed by atoms with Crippen LogP contribution < -0.4 is 11.0 Å². The third-order valence-corrected chi connectivity index (χ3v) is 4.26. The molecule has 3 rings (SSSR count). The van der Waals surface area contributed by atoms with E-state index in [-0.39, 0.29) is 18.1 Å². The lowest BCUT2D eigenvalue weighted by atomic mass is 10.2. The molecule has 3 N–H and O–H groups in total. The summed E-state index contributed by atoms with van der Waals surface area (Å²) in [6.45, 7) is 0.717. The van der Waals surface area contributed by atoms with Crippen molar-refractivity contribution < 1.29 is 4.79 Å². The van der Waals surface area contributed by atoms with Gasteiger partial charge in [-0.05, 0) is 42.9 Å². The van der Waals surface area contributed by atoms with Crippen molar-refractivity contribution >= 4 is 45.8 Å². The molecular weight excluding hydrogens is 363 g/mol. The molecule has 25 heavy (non-hydrogen) atoms. The number of amides is 1.